The zero-order valence-corrected chi connectivity index (χ0v) is 18.7. The van der Waals surface area contributed by atoms with Crippen molar-refractivity contribution in [2.75, 3.05) is 0 Å². The molecule has 4 fully saturated rings. The molecule has 4 aliphatic carbocycles. The second kappa shape index (κ2) is 7.89. The van der Waals surface area contributed by atoms with Crippen molar-refractivity contribution in [1.82, 2.24) is 5.32 Å². The van der Waals surface area contributed by atoms with E-state index in [4.69, 9.17) is 5.11 Å². The molecule has 0 aliphatic heterocycles. The van der Waals surface area contributed by atoms with E-state index in [1.54, 1.807) is 6.92 Å². The summed E-state index contributed by atoms with van der Waals surface area (Å²) in [5.74, 6) is 3.56. The third-order valence-electron chi connectivity index (χ3n) is 10.2. The van der Waals surface area contributed by atoms with Crippen LogP contribution in [-0.4, -0.2) is 23.0 Å². The molecule has 0 spiro atoms. The second-order valence-corrected chi connectivity index (χ2v) is 11.4. The molecule has 0 aromatic rings. The molecule has 4 nitrogen and oxygen atoms in total. The minimum atomic E-state index is -0.644. The van der Waals surface area contributed by atoms with E-state index in [0.29, 0.717) is 23.3 Å². The monoisotopic (exact) mass is 403 g/mol. The zero-order chi connectivity index (χ0) is 20.8. The molecule has 8 unspecified atom stereocenters. The first kappa shape index (κ1) is 21.2. The summed E-state index contributed by atoms with van der Waals surface area (Å²) in [5, 5.41) is 12.2. The molecule has 164 valence electrons. The number of carboxylic acid groups (broad SMARTS) is 1. The smallest absolute Gasteiger partial charge is 0.303 e. The Kier molecular flexibility index (Phi) is 5.76. The summed E-state index contributed by atoms with van der Waals surface area (Å²) in [4.78, 5) is 22.5. The fourth-order valence-corrected chi connectivity index (χ4v) is 8.76. The Balaban J connectivity index is 1.44. The van der Waals surface area contributed by atoms with Crippen molar-refractivity contribution in [3.8, 4) is 0 Å². The Morgan fingerprint density at radius 2 is 1.69 bits per heavy atom. The first-order valence-corrected chi connectivity index (χ1v) is 12.2. The van der Waals surface area contributed by atoms with Crippen LogP contribution in [0.15, 0.2) is 0 Å². The summed E-state index contributed by atoms with van der Waals surface area (Å²) in [6.45, 7) is 6.79. The SMILES string of the molecule is CC(=O)NC1CCC2(C)C(CCC3C4CCC(CCCC(=O)O)C4(C)CCC32)C1. The molecule has 0 saturated heterocycles. The lowest BCUT2D eigenvalue weighted by Crippen LogP contribution is -2.55. The van der Waals surface area contributed by atoms with Crippen LogP contribution in [0.2, 0.25) is 0 Å². The van der Waals surface area contributed by atoms with Gasteiger partial charge in [0.05, 0.1) is 0 Å². The van der Waals surface area contributed by atoms with E-state index in [1.165, 1.54) is 51.4 Å². The molecule has 0 bridgehead atoms. The topological polar surface area (TPSA) is 66.4 Å². The lowest BCUT2D eigenvalue weighted by molar-refractivity contribution is -0.137. The zero-order valence-electron chi connectivity index (χ0n) is 18.7. The second-order valence-electron chi connectivity index (χ2n) is 11.4. The Hall–Kier alpha value is -1.06. The van der Waals surface area contributed by atoms with Crippen LogP contribution in [0.5, 0.6) is 0 Å². The van der Waals surface area contributed by atoms with Crippen LogP contribution < -0.4 is 5.32 Å². The van der Waals surface area contributed by atoms with Gasteiger partial charge < -0.3 is 10.4 Å². The fourth-order valence-electron chi connectivity index (χ4n) is 8.76. The van der Waals surface area contributed by atoms with Crippen molar-refractivity contribution >= 4 is 11.9 Å². The predicted octanol–water partition coefficient (Wildman–Crippen LogP) is 5.40. The number of fused-ring (bicyclic) bond motifs is 5. The third kappa shape index (κ3) is 3.74. The molecule has 4 rings (SSSR count). The molecule has 29 heavy (non-hydrogen) atoms. The van der Waals surface area contributed by atoms with Gasteiger partial charge in [0.15, 0.2) is 0 Å². The van der Waals surface area contributed by atoms with Gasteiger partial charge in [0.25, 0.3) is 0 Å². The minimum absolute atomic E-state index is 0.126. The first-order valence-electron chi connectivity index (χ1n) is 12.2. The lowest BCUT2D eigenvalue weighted by Gasteiger charge is -2.61. The summed E-state index contributed by atoms with van der Waals surface area (Å²) in [6, 6.07) is 0.390. The molecule has 4 aliphatic rings. The lowest BCUT2D eigenvalue weighted by atomic mass is 9.44. The van der Waals surface area contributed by atoms with Crippen molar-refractivity contribution < 1.29 is 14.7 Å². The highest BCUT2D eigenvalue weighted by Gasteiger charge is 2.59. The molecular formula is C25H41NO3. The van der Waals surface area contributed by atoms with E-state index in [-0.39, 0.29) is 5.91 Å². The van der Waals surface area contributed by atoms with E-state index in [0.717, 1.165) is 48.9 Å². The van der Waals surface area contributed by atoms with Crippen LogP contribution in [0, 0.1) is 40.4 Å². The van der Waals surface area contributed by atoms with Gasteiger partial charge in [-0.1, -0.05) is 13.8 Å². The minimum Gasteiger partial charge on any atom is -0.481 e. The van der Waals surface area contributed by atoms with Crippen LogP contribution in [0.4, 0.5) is 0 Å². The highest BCUT2D eigenvalue weighted by Crippen LogP contribution is 2.67. The van der Waals surface area contributed by atoms with Crippen molar-refractivity contribution in [2.24, 2.45) is 40.4 Å². The first-order chi connectivity index (χ1) is 13.7. The van der Waals surface area contributed by atoms with Gasteiger partial charge in [-0.3, -0.25) is 9.59 Å². The predicted molar refractivity (Wildman–Crippen MR) is 114 cm³/mol. The van der Waals surface area contributed by atoms with Gasteiger partial charge in [-0.05, 0) is 111 Å². The maximum Gasteiger partial charge on any atom is 0.303 e. The van der Waals surface area contributed by atoms with Gasteiger partial charge in [0.2, 0.25) is 5.91 Å². The summed E-state index contributed by atoms with van der Waals surface area (Å²) in [6.07, 6.45) is 14.0. The van der Waals surface area contributed by atoms with E-state index in [9.17, 15) is 9.59 Å². The Bertz CT molecular complexity index is 648. The van der Waals surface area contributed by atoms with Crippen molar-refractivity contribution in [2.45, 2.75) is 104 Å². The number of aliphatic carboxylic acids is 1. The molecule has 0 aromatic heterocycles. The number of amides is 1. The Morgan fingerprint density at radius 3 is 2.41 bits per heavy atom. The summed E-state index contributed by atoms with van der Waals surface area (Å²) < 4.78 is 0. The van der Waals surface area contributed by atoms with E-state index in [1.807, 2.05) is 0 Å². The summed E-state index contributed by atoms with van der Waals surface area (Å²) in [5.41, 5.74) is 0.900. The molecule has 4 heteroatoms. The molecule has 4 saturated carbocycles. The fraction of sp³-hybridized carbons (Fsp3) is 0.920. The number of carbonyl (C=O) groups excluding carboxylic acids is 1. The largest absolute Gasteiger partial charge is 0.481 e. The normalized spacial score (nSPS) is 46.3. The molecule has 0 radical (unpaired) electrons. The summed E-state index contributed by atoms with van der Waals surface area (Å²) >= 11 is 0. The van der Waals surface area contributed by atoms with Crippen molar-refractivity contribution in [1.29, 1.82) is 0 Å². The number of rotatable bonds is 5. The maximum atomic E-state index is 11.5. The molecule has 0 heterocycles. The standard InChI is InChI=1S/C25H41NO3/c1-16(27)26-19-11-13-25(3)18(15-19)7-9-20-21-10-8-17(5-4-6-23(28)29)24(21,2)14-12-22(20)25/h17-22H,4-15H2,1-3H3,(H,26,27)(H,28,29). The Morgan fingerprint density at radius 1 is 0.966 bits per heavy atom. The van der Waals surface area contributed by atoms with Gasteiger partial charge in [0, 0.05) is 19.4 Å². The van der Waals surface area contributed by atoms with Crippen LogP contribution >= 0.6 is 0 Å². The third-order valence-corrected chi connectivity index (χ3v) is 10.2. The van der Waals surface area contributed by atoms with Crippen molar-refractivity contribution in [3.63, 3.8) is 0 Å². The number of carbonyl (C=O) groups is 2. The number of nitrogens with one attached hydrogen (secondary N) is 1. The molecule has 0 aromatic carbocycles. The maximum absolute atomic E-state index is 11.5. The molecular weight excluding hydrogens is 362 g/mol. The van der Waals surface area contributed by atoms with Gasteiger partial charge in [-0.2, -0.15) is 0 Å². The van der Waals surface area contributed by atoms with E-state index >= 15 is 0 Å². The van der Waals surface area contributed by atoms with Gasteiger partial charge in [0.1, 0.15) is 0 Å². The highest BCUT2D eigenvalue weighted by molar-refractivity contribution is 5.73. The van der Waals surface area contributed by atoms with E-state index < -0.39 is 5.97 Å². The molecule has 1 amide bonds. The van der Waals surface area contributed by atoms with Crippen LogP contribution in [-0.2, 0) is 9.59 Å². The van der Waals surface area contributed by atoms with Crippen molar-refractivity contribution in [3.05, 3.63) is 0 Å². The van der Waals surface area contributed by atoms with Crippen LogP contribution in [0.25, 0.3) is 0 Å². The van der Waals surface area contributed by atoms with Gasteiger partial charge in [-0.15, -0.1) is 0 Å². The highest BCUT2D eigenvalue weighted by atomic mass is 16.4. The molecule has 8 atom stereocenters. The van der Waals surface area contributed by atoms with Crippen LogP contribution in [0.1, 0.15) is 97.8 Å². The van der Waals surface area contributed by atoms with Gasteiger partial charge in [-0.25, -0.2) is 0 Å². The van der Waals surface area contributed by atoms with Crippen LogP contribution in [0.3, 0.4) is 0 Å². The number of carboxylic acids is 1. The number of hydrogen-bond acceptors (Lipinski definition) is 2. The van der Waals surface area contributed by atoms with E-state index in [2.05, 4.69) is 19.2 Å². The average Bonchev–Trinajstić information content (AvgIpc) is 2.98. The number of hydrogen-bond donors (Lipinski definition) is 2. The summed E-state index contributed by atoms with van der Waals surface area (Å²) in [7, 11) is 0. The average molecular weight is 404 g/mol. The Labute approximate surface area is 176 Å². The van der Waals surface area contributed by atoms with Gasteiger partial charge >= 0.3 is 5.97 Å². The quantitative estimate of drug-likeness (QED) is 0.645. The molecule has 2 N–H and O–H groups in total.